The molecule has 146 valence electrons. The summed E-state index contributed by atoms with van der Waals surface area (Å²) in [4.78, 5) is 27.0. The summed E-state index contributed by atoms with van der Waals surface area (Å²) in [5, 5.41) is 9.27. The van der Waals surface area contributed by atoms with Crippen LogP contribution in [-0.4, -0.2) is 30.1 Å². The Morgan fingerprint density at radius 3 is 2.52 bits per heavy atom. The second-order valence-corrected chi connectivity index (χ2v) is 6.21. The van der Waals surface area contributed by atoms with Crippen molar-refractivity contribution in [3.63, 3.8) is 0 Å². The maximum Gasteiger partial charge on any atom is 0.357 e. The van der Waals surface area contributed by atoms with Crippen LogP contribution in [0, 0.1) is 11.3 Å². The lowest BCUT2D eigenvalue weighted by Gasteiger charge is -2.21. The number of para-hydroxylation sites is 1. The fourth-order valence-electron chi connectivity index (χ4n) is 3.11. The Morgan fingerprint density at radius 1 is 1.17 bits per heavy atom. The number of nitrogens with two attached hydrogens (primary N) is 1. The Kier molecular flexibility index (Phi) is 5.65. The van der Waals surface area contributed by atoms with Gasteiger partial charge in [0.25, 0.3) is 5.91 Å². The van der Waals surface area contributed by atoms with Crippen LogP contribution in [0.2, 0.25) is 0 Å². The fraction of sp³-hybridized carbons (Fsp3) is 0.136. The molecule has 2 aromatic carbocycles. The molecule has 0 unspecified atom stereocenters. The second kappa shape index (κ2) is 8.31. The van der Waals surface area contributed by atoms with Crippen molar-refractivity contribution >= 4 is 23.3 Å². The van der Waals surface area contributed by atoms with Gasteiger partial charge in [-0.2, -0.15) is 5.26 Å². The lowest BCUT2D eigenvalue weighted by molar-refractivity contribution is 0.0593. The highest BCUT2D eigenvalue weighted by atomic mass is 16.5. The number of carbonyl (C=O) groups is 2. The first kappa shape index (κ1) is 19.7. The molecule has 0 saturated heterocycles. The molecule has 1 heterocycles. The van der Waals surface area contributed by atoms with Gasteiger partial charge in [-0.15, -0.1) is 0 Å². The van der Waals surface area contributed by atoms with E-state index < -0.39 is 5.97 Å². The largest absolute Gasteiger partial charge is 0.464 e. The number of rotatable bonds is 5. The second-order valence-electron chi connectivity index (χ2n) is 6.21. The Labute approximate surface area is 168 Å². The van der Waals surface area contributed by atoms with Crippen LogP contribution in [0.4, 0.5) is 11.4 Å². The zero-order chi connectivity index (χ0) is 21.0. The predicted octanol–water partition coefficient (Wildman–Crippen LogP) is 3.38. The molecular weight excluding hydrogens is 368 g/mol. The molecule has 0 bridgehead atoms. The van der Waals surface area contributed by atoms with E-state index in [0.717, 1.165) is 5.69 Å². The van der Waals surface area contributed by atoms with Crippen molar-refractivity contribution in [2.75, 3.05) is 24.3 Å². The standard InChI is InChI=1S/C22H20N4O3/c1-3-25(17-9-5-4-6-10-17)21(27)15-8-7-11-18(12-15)26-14-16(13-23)19(24)20(26)22(28)29-2/h4-12,14H,3,24H2,1-2H3. The normalized spacial score (nSPS) is 10.2. The summed E-state index contributed by atoms with van der Waals surface area (Å²) in [5.41, 5.74) is 7.94. The molecule has 0 spiro atoms. The smallest absolute Gasteiger partial charge is 0.357 e. The molecular formula is C22H20N4O3. The van der Waals surface area contributed by atoms with E-state index in [2.05, 4.69) is 0 Å². The third-order valence-corrected chi connectivity index (χ3v) is 4.54. The fourth-order valence-corrected chi connectivity index (χ4v) is 3.11. The van der Waals surface area contributed by atoms with E-state index >= 15 is 0 Å². The van der Waals surface area contributed by atoms with Gasteiger partial charge in [-0.3, -0.25) is 4.79 Å². The van der Waals surface area contributed by atoms with Crippen molar-refractivity contribution in [3.8, 4) is 11.8 Å². The van der Waals surface area contributed by atoms with Gasteiger partial charge in [-0.1, -0.05) is 24.3 Å². The predicted molar refractivity (Wildman–Crippen MR) is 110 cm³/mol. The highest BCUT2D eigenvalue weighted by molar-refractivity contribution is 6.06. The molecule has 1 amide bonds. The Morgan fingerprint density at radius 2 is 1.90 bits per heavy atom. The summed E-state index contributed by atoms with van der Waals surface area (Å²) < 4.78 is 6.27. The van der Waals surface area contributed by atoms with Crippen LogP contribution in [0.3, 0.4) is 0 Å². The van der Waals surface area contributed by atoms with Crippen molar-refractivity contribution in [1.82, 2.24) is 4.57 Å². The molecule has 0 saturated carbocycles. The maximum absolute atomic E-state index is 13.1. The van der Waals surface area contributed by atoms with Gasteiger partial charge in [0, 0.05) is 29.7 Å². The first-order valence-electron chi connectivity index (χ1n) is 8.98. The number of amides is 1. The van der Waals surface area contributed by atoms with Gasteiger partial charge in [-0.25, -0.2) is 4.79 Å². The molecule has 0 aliphatic heterocycles. The van der Waals surface area contributed by atoms with Gasteiger partial charge in [0.1, 0.15) is 6.07 Å². The summed E-state index contributed by atoms with van der Waals surface area (Å²) in [7, 11) is 1.24. The summed E-state index contributed by atoms with van der Waals surface area (Å²) in [5.74, 6) is -0.846. The van der Waals surface area contributed by atoms with Crippen molar-refractivity contribution in [2.45, 2.75) is 6.92 Å². The molecule has 0 aliphatic carbocycles. The van der Waals surface area contributed by atoms with E-state index in [0.29, 0.717) is 17.8 Å². The molecule has 0 radical (unpaired) electrons. The molecule has 2 N–H and O–H groups in total. The molecule has 0 fully saturated rings. The zero-order valence-corrected chi connectivity index (χ0v) is 16.1. The Hall–Kier alpha value is -4.05. The van der Waals surface area contributed by atoms with Crippen LogP contribution in [0.15, 0.2) is 60.8 Å². The number of ether oxygens (including phenoxy) is 1. The minimum atomic E-state index is -0.666. The van der Waals surface area contributed by atoms with Crippen LogP contribution in [0.1, 0.15) is 33.3 Å². The summed E-state index contributed by atoms with van der Waals surface area (Å²) in [6, 6.07) is 18.1. The first-order chi connectivity index (χ1) is 14.0. The number of anilines is 2. The van der Waals surface area contributed by atoms with E-state index in [-0.39, 0.29) is 22.9 Å². The van der Waals surface area contributed by atoms with Gasteiger partial charge < -0.3 is 19.9 Å². The summed E-state index contributed by atoms with van der Waals surface area (Å²) >= 11 is 0. The van der Waals surface area contributed by atoms with Crippen molar-refractivity contribution in [3.05, 3.63) is 77.6 Å². The number of nitrogen functional groups attached to an aromatic ring is 1. The van der Waals surface area contributed by atoms with Gasteiger partial charge in [0.2, 0.25) is 0 Å². The van der Waals surface area contributed by atoms with Crippen LogP contribution in [0.25, 0.3) is 5.69 Å². The SMILES string of the molecule is CCN(C(=O)c1cccc(-n2cc(C#N)c(N)c2C(=O)OC)c1)c1ccccc1. The van der Waals surface area contributed by atoms with E-state index in [1.54, 1.807) is 29.2 Å². The quantitative estimate of drug-likeness (QED) is 0.675. The van der Waals surface area contributed by atoms with Crippen molar-refractivity contribution in [2.24, 2.45) is 0 Å². The number of methoxy groups -OCH3 is 1. The molecule has 29 heavy (non-hydrogen) atoms. The molecule has 7 heteroatoms. The third-order valence-electron chi connectivity index (χ3n) is 4.54. The van der Waals surface area contributed by atoms with Gasteiger partial charge in [-0.05, 0) is 37.3 Å². The minimum Gasteiger partial charge on any atom is -0.464 e. The van der Waals surface area contributed by atoms with Gasteiger partial charge >= 0.3 is 5.97 Å². The van der Waals surface area contributed by atoms with Gasteiger partial charge in [0.15, 0.2) is 5.69 Å². The number of hydrogen-bond donors (Lipinski definition) is 1. The van der Waals surface area contributed by atoms with E-state index in [9.17, 15) is 14.9 Å². The number of nitrogens with zero attached hydrogens (tertiary/aromatic N) is 3. The number of carbonyl (C=O) groups excluding carboxylic acids is 2. The monoisotopic (exact) mass is 388 g/mol. The average molecular weight is 388 g/mol. The maximum atomic E-state index is 13.1. The molecule has 3 aromatic rings. The minimum absolute atomic E-state index is 0.0375. The Balaban J connectivity index is 2.06. The molecule has 3 rings (SSSR count). The average Bonchev–Trinajstić information content (AvgIpc) is 3.10. The van der Waals surface area contributed by atoms with Crippen LogP contribution in [-0.2, 0) is 4.74 Å². The number of esters is 1. The van der Waals surface area contributed by atoms with Crippen molar-refractivity contribution < 1.29 is 14.3 Å². The van der Waals surface area contributed by atoms with Crippen LogP contribution >= 0.6 is 0 Å². The molecule has 0 aliphatic rings. The van der Waals surface area contributed by atoms with Crippen LogP contribution in [0.5, 0.6) is 0 Å². The third kappa shape index (κ3) is 3.69. The highest BCUT2D eigenvalue weighted by Crippen LogP contribution is 2.26. The topological polar surface area (TPSA) is 101 Å². The highest BCUT2D eigenvalue weighted by Gasteiger charge is 2.23. The van der Waals surface area contributed by atoms with E-state index in [1.165, 1.54) is 17.9 Å². The molecule has 1 aromatic heterocycles. The number of nitriles is 1. The summed E-state index contributed by atoms with van der Waals surface area (Å²) in [6.45, 7) is 2.39. The van der Waals surface area contributed by atoms with E-state index in [4.69, 9.17) is 10.5 Å². The molecule has 0 atom stereocenters. The zero-order valence-electron chi connectivity index (χ0n) is 16.1. The van der Waals surface area contributed by atoms with Crippen molar-refractivity contribution in [1.29, 1.82) is 5.26 Å². The lowest BCUT2D eigenvalue weighted by Crippen LogP contribution is -2.30. The van der Waals surface area contributed by atoms with E-state index in [1.807, 2.05) is 43.3 Å². The first-order valence-corrected chi connectivity index (χ1v) is 8.98. The number of benzene rings is 2. The summed E-state index contributed by atoms with van der Waals surface area (Å²) in [6.07, 6.45) is 1.46. The lowest BCUT2D eigenvalue weighted by atomic mass is 10.1. The van der Waals surface area contributed by atoms with Crippen LogP contribution < -0.4 is 10.6 Å². The van der Waals surface area contributed by atoms with Gasteiger partial charge in [0.05, 0.1) is 18.4 Å². The number of hydrogen-bond acceptors (Lipinski definition) is 5. The Bertz CT molecular complexity index is 1100. The molecule has 7 nitrogen and oxygen atoms in total. The number of aromatic nitrogens is 1.